The van der Waals surface area contributed by atoms with Crippen LogP contribution in [-0.4, -0.2) is 66.3 Å². The van der Waals surface area contributed by atoms with E-state index in [9.17, 15) is 9.59 Å². The molecular weight excluding hydrogens is 402 g/mol. The van der Waals surface area contributed by atoms with Crippen molar-refractivity contribution in [2.45, 2.75) is 76.5 Å². The first kappa shape index (κ1) is 21.7. The minimum Gasteiger partial charge on any atom is -0.378 e. The summed E-state index contributed by atoms with van der Waals surface area (Å²) in [6, 6.07) is -0.656. The van der Waals surface area contributed by atoms with Crippen LogP contribution < -0.4 is 5.32 Å². The Morgan fingerprint density at radius 2 is 2.07 bits per heavy atom. The fourth-order valence-corrected chi connectivity index (χ4v) is 5.79. The van der Waals surface area contributed by atoms with E-state index in [1.165, 1.54) is 6.92 Å². The SMILES string of the molecule is CC(=O)N[C@H](C(=O)N1CCC(c2nccs2)CC1)[C@@H](C)OCC12CCC(CC1)OC2. The van der Waals surface area contributed by atoms with Crippen molar-refractivity contribution in [1.82, 2.24) is 15.2 Å². The Balaban J connectivity index is 1.34. The maximum Gasteiger partial charge on any atom is 0.247 e. The molecule has 0 spiro atoms. The summed E-state index contributed by atoms with van der Waals surface area (Å²) in [5.41, 5.74) is 0.0683. The van der Waals surface area contributed by atoms with Crippen LogP contribution in [0, 0.1) is 5.41 Å². The van der Waals surface area contributed by atoms with Crippen molar-refractivity contribution in [3.05, 3.63) is 16.6 Å². The lowest BCUT2D eigenvalue weighted by Gasteiger charge is -2.46. The predicted molar refractivity (Wildman–Crippen MR) is 114 cm³/mol. The second kappa shape index (κ2) is 9.32. The van der Waals surface area contributed by atoms with Crippen LogP contribution >= 0.6 is 11.3 Å². The number of carbonyl (C=O) groups excluding carboxylic acids is 2. The van der Waals surface area contributed by atoms with Crippen molar-refractivity contribution in [2.24, 2.45) is 5.41 Å². The van der Waals surface area contributed by atoms with Crippen molar-refractivity contribution in [1.29, 1.82) is 0 Å². The lowest BCUT2D eigenvalue weighted by molar-refractivity contribution is -0.157. The van der Waals surface area contributed by atoms with Crippen molar-refractivity contribution in [3.63, 3.8) is 0 Å². The summed E-state index contributed by atoms with van der Waals surface area (Å²) < 4.78 is 12.1. The van der Waals surface area contributed by atoms with Crippen LogP contribution in [0.2, 0.25) is 0 Å². The van der Waals surface area contributed by atoms with Gasteiger partial charge in [-0.1, -0.05) is 0 Å². The molecule has 8 heteroatoms. The number of fused-ring (bicyclic) bond motifs is 3. The Labute approximate surface area is 182 Å². The van der Waals surface area contributed by atoms with Gasteiger partial charge in [0, 0.05) is 42.9 Å². The molecule has 4 heterocycles. The molecule has 7 nitrogen and oxygen atoms in total. The van der Waals surface area contributed by atoms with Crippen LogP contribution in [0.4, 0.5) is 0 Å². The summed E-state index contributed by atoms with van der Waals surface area (Å²) in [6.07, 6.45) is 8.12. The highest BCUT2D eigenvalue weighted by Crippen LogP contribution is 2.43. The van der Waals surface area contributed by atoms with Gasteiger partial charge < -0.3 is 19.7 Å². The molecule has 0 radical (unpaired) electrons. The molecule has 3 aliphatic heterocycles. The van der Waals surface area contributed by atoms with Crippen molar-refractivity contribution >= 4 is 23.2 Å². The van der Waals surface area contributed by atoms with E-state index in [0.29, 0.717) is 31.7 Å². The van der Waals surface area contributed by atoms with Crippen LogP contribution in [0.25, 0.3) is 0 Å². The van der Waals surface area contributed by atoms with Gasteiger partial charge in [-0.15, -0.1) is 11.3 Å². The van der Waals surface area contributed by atoms with Gasteiger partial charge in [-0.25, -0.2) is 4.98 Å². The molecule has 0 unspecified atom stereocenters. The highest BCUT2D eigenvalue weighted by molar-refractivity contribution is 7.09. The zero-order valence-electron chi connectivity index (χ0n) is 18.0. The molecule has 0 aromatic carbocycles. The Hall–Kier alpha value is -1.51. The Morgan fingerprint density at radius 3 is 2.63 bits per heavy atom. The van der Waals surface area contributed by atoms with E-state index in [-0.39, 0.29) is 23.3 Å². The molecule has 1 aromatic heterocycles. The Kier molecular flexibility index (Phi) is 6.75. The second-order valence-corrected chi connectivity index (χ2v) is 10.1. The summed E-state index contributed by atoms with van der Waals surface area (Å²) in [4.78, 5) is 31.4. The van der Waals surface area contributed by atoms with Crippen LogP contribution in [-0.2, 0) is 19.1 Å². The maximum absolute atomic E-state index is 13.3. The lowest BCUT2D eigenvalue weighted by atomic mass is 9.72. The number of nitrogens with one attached hydrogen (secondary N) is 1. The number of carbonyl (C=O) groups is 2. The van der Waals surface area contributed by atoms with Gasteiger partial charge in [0.2, 0.25) is 11.8 Å². The third-order valence-electron chi connectivity index (χ3n) is 6.97. The van der Waals surface area contributed by atoms with Crippen LogP contribution in [0.1, 0.15) is 63.3 Å². The third-order valence-corrected chi connectivity index (χ3v) is 7.91. The van der Waals surface area contributed by atoms with E-state index in [2.05, 4.69) is 10.3 Å². The van der Waals surface area contributed by atoms with Gasteiger partial charge in [0.05, 0.1) is 30.4 Å². The average Bonchev–Trinajstić information content (AvgIpc) is 3.32. The van der Waals surface area contributed by atoms with Crippen molar-refractivity contribution in [2.75, 3.05) is 26.3 Å². The average molecular weight is 436 g/mol. The zero-order chi connectivity index (χ0) is 21.1. The molecule has 1 aliphatic carbocycles. The number of aromatic nitrogens is 1. The van der Waals surface area contributed by atoms with Gasteiger partial charge in [-0.2, -0.15) is 0 Å². The molecule has 5 rings (SSSR count). The second-order valence-electron chi connectivity index (χ2n) is 9.17. The van der Waals surface area contributed by atoms with Crippen LogP contribution in [0.15, 0.2) is 11.6 Å². The minimum atomic E-state index is -0.656. The van der Waals surface area contributed by atoms with E-state index in [1.54, 1.807) is 11.3 Å². The van der Waals surface area contributed by atoms with Gasteiger partial charge in [0.1, 0.15) is 6.04 Å². The van der Waals surface area contributed by atoms with Gasteiger partial charge in [0.25, 0.3) is 0 Å². The van der Waals surface area contributed by atoms with E-state index in [0.717, 1.165) is 50.1 Å². The number of likely N-dealkylation sites (tertiary alicyclic amines) is 1. The Bertz CT molecular complexity index is 711. The third kappa shape index (κ3) is 4.86. The number of hydrogen-bond donors (Lipinski definition) is 1. The standard InChI is InChI=1S/C22H33N3O4S/c1-15(28-13-22-7-3-18(4-8-22)29-14-22)19(24-16(2)26)21(27)25-10-5-17(6-11-25)20-23-9-12-30-20/h9,12,15,17-19H,3-8,10-11,13-14H2,1-2H3,(H,24,26)/t15-,18?,19+,22?/m1/s1. The molecule has 1 aromatic rings. The molecule has 2 amide bonds. The number of ether oxygens (including phenoxy) is 2. The largest absolute Gasteiger partial charge is 0.378 e. The quantitative estimate of drug-likeness (QED) is 0.712. The summed E-state index contributed by atoms with van der Waals surface area (Å²) >= 11 is 1.68. The van der Waals surface area contributed by atoms with Gasteiger partial charge in [0.15, 0.2) is 0 Å². The first-order chi connectivity index (χ1) is 14.5. The van der Waals surface area contributed by atoms with Gasteiger partial charge >= 0.3 is 0 Å². The number of thiazole rings is 1. The fourth-order valence-electron chi connectivity index (χ4n) is 4.98. The minimum absolute atomic E-state index is 0.0450. The van der Waals surface area contributed by atoms with Gasteiger partial charge in [-0.3, -0.25) is 9.59 Å². The van der Waals surface area contributed by atoms with Crippen LogP contribution in [0.5, 0.6) is 0 Å². The predicted octanol–water partition coefficient (Wildman–Crippen LogP) is 2.72. The smallest absolute Gasteiger partial charge is 0.247 e. The van der Waals surface area contributed by atoms with E-state index >= 15 is 0 Å². The topological polar surface area (TPSA) is 80.8 Å². The van der Waals surface area contributed by atoms with Gasteiger partial charge in [-0.05, 0) is 45.4 Å². The highest BCUT2D eigenvalue weighted by atomic mass is 32.1. The monoisotopic (exact) mass is 435 g/mol. The summed E-state index contributed by atoms with van der Waals surface area (Å²) in [7, 11) is 0. The van der Waals surface area contributed by atoms with Crippen LogP contribution in [0.3, 0.4) is 0 Å². The molecule has 1 N–H and O–H groups in total. The lowest BCUT2D eigenvalue weighted by Crippen LogP contribution is -2.56. The summed E-state index contributed by atoms with van der Waals surface area (Å²) in [5, 5.41) is 6.00. The molecule has 3 saturated heterocycles. The first-order valence-electron chi connectivity index (χ1n) is 11.1. The van der Waals surface area contributed by atoms with E-state index < -0.39 is 6.04 Å². The number of nitrogens with zero attached hydrogens (tertiary/aromatic N) is 2. The molecular formula is C22H33N3O4S. The first-order valence-corrected chi connectivity index (χ1v) is 12.0. The number of hydrogen-bond acceptors (Lipinski definition) is 6. The number of rotatable bonds is 7. The molecule has 30 heavy (non-hydrogen) atoms. The fraction of sp³-hybridized carbons (Fsp3) is 0.773. The van der Waals surface area contributed by atoms with Crippen molar-refractivity contribution < 1.29 is 19.1 Å². The normalized spacial score (nSPS) is 28.9. The molecule has 166 valence electrons. The number of piperidine rings is 1. The molecule has 2 bridgehead atoms. The van der Waals surface area contributed by atoms with Crippen molar-refractivity contribution in [3.8, 4) is 0 Å². The molecule has 1 saturated carbocycles. The molecule has 2 atom stereocenters. The molecule has 4 fully saturated rings. The highest BCUT2D eigenvalue weighted by Gasteiger charge is 2.43. The maximum atomic E-state index is 13.3. The number of amides is 2. The van der Waals surface area contributed by atoms with E-state index in [1.807, 2.05) is 23.4 Å². The zero-order valence-corrected chi connectivity index (χ0v) is 18.8. The summed E-state index contributed by atoms with van der Waals surface area (Å²) in [6.45, 7) is 6.04. The molecule has 4 aliphatic rings. The Morgan fingerprint density at radius 1 is 1.33 bits per heavy atom. The van der Waals surface area contributed by atoms with E-state index in [4.69, 9.17) is 9.47 Å². The summed E-state index contributed by atoms with van der Waals surface area (Å²) in [5.74, 6) is 0.167.